The highest BCUT2D eigenvalue weighted by molar-refractivity contribution is 5.28. The lowest BCUT2D eigenvalue weighted by atomic mass is 10.0. The number of hydrogen-bond donors (Lipinski definition) is 1. The van der Waals surface area contributed by atoms with E-state index < -0.39 is 0 Å². The summed E-state index contributed by atoms with van der Waals surface area (Å²) in [6.07, 6.45) is 6.61. The first kappa shape index (κ1) is 12.1. The lowest BCUT2D eigenvalue weighted by Gasteiger charge is -2.13. The Kier molecular flexibility index (Phi) is 3.82. The number of rotatable bonds is 7. The molecule has 17 heavy (non-hydrogen) atoms. The van der Waals surface area contributed by atoms with Crippen molar-refractivity contribution in [2.45, 2.75) is 39.5 Å². The second-order valence-electron chi connectivity index (χ2n) is 4.77. The smallest absolute Gasteiger partial charge is 0.225 e. The van der Waals surface area contributed by atoms with Gasteiger partial charge in [0.05, 0.1) is 6.61 Å². The highest BCUT2D eigenvalue weighted by Crippen LogP contribution is 2.48. The Bertz CT molecular complexity index is 363. The summed E-state index contributed by atoms with van der Waals surface area (Å²) in [5.41, 5.74) is 0.504. The van der Waals surface area contributed by atoms with Crippen molar-refractivity contribution in [3.05, 3.63) is 12.3 Å². The van der Waals surface area contributed by atoms with Gasteiger partial charge in [-0.25, -0.2) is 4.98 Å². The average Bonchev–Trinajstić information content (AvgIpc) is 3.15. The molecule has 1 N–H and O–H groups in total. The van der Waals surface area contributed by atoms with Gasteiger partial charge >= 0.3 is 0 Å². The number of aromatic nitrogens is 2. The van der Waals surface area contributed by atoms with E-state index >= 15 is 0 Å². The predicted octanol–water partition coefficient (Wildman–Crippen LogP) is 2.87. The Hall–Kier alpha value is -1.32. The molecule has 0 aromatic carbocycles. The van der Waals surface area contributed by atoms with Gasteiger partial charge in [0, 0.05) is 18.8 Å². The number of nitrogens with one attached hydrogen (secondary N) is 1. The molecule has 0 amide bonds. The molecule has 1 aliphatic carbocycles. The van der Waals surface area contributed by atoms with Crippen LogP contribution in [0.3, 0.4) is 0 Å². The van der Waals surface area contributed by atoms with Crippen molar-refractivity contribution in [3.63, 3.8) is 0 Å². The summed E-state index contributed by atoms with van der Waals surface area (Å²) >= 11 is 0. The van der Waals surface area contributed by atoms with Crippen LogP contribution in [0.5, 0.6) is 5.88 Å². The molecule has 1 saturated carbocycles. The largest absolute Gasteiger partial charge is 0.478 e. The zero-order chi connectivity index (χ0) is 12.1. The van der Waals surface area contributed by atoms with E-state index in [4.69, 9.17) is 4.74 Å². The van der Waals surface area contributed by atoms with Gasteiger partial charge < -0.3 is 10.1 Å². The van der Waals surface area contributed by atoms with Gasteiger partial charge in [0.25, 0.3) is 0 Å². The van der Waals surface area contributed by atoms with Crippen LogP contribution in [0.4, 0.5) is 5.95 Å². The summed E-state index contributed by atoms with van der Waals surface area (Å²) in [5.74, 6) is 1.34. The molecule has 0 spiro atoms. The second kappa shape index (κ2) is 5.34. The van der Waals surface area contributed by atoms with Gasteiger partial charge in [0.1, 0.15) is 0 Å². The van der Waals surface area contributed by atoms with Crippen molar-refractivity contribution >= 4 is 5.95 Å². The van der Waals surface area contributed by atoms with Crippen LogP contribution in [0.15, 0.2) is 12.3 Å². The fourth-order valence-electron chi connectivity index (χ4n) is 1.81. The first-order valence-corrected chi connectivity index (χ1v) is 6.48. The van der Waals surface area contributed by atoms with Gasteiger partial charge in [-0.3, -0.25) is 0 Å². The first-order valence-electron chi connectivity index (χ1n) is 6.48. The Labute approximate surface area is 103 Å². The van der Waals surface area contributed by atoms with E-state index in [9.17, 15) is 0 Å². The van der Waals surface area contributed by atoms with Gasteiger partial charge in [-0.05, 0) is 31.1 Å². The summed E-state index contributed by atoms with van der Waals surface area (Å²) in [7, 11) is 0. The summed E-state index contributed by atoms with van der Waals surface area (Å²) in [6.45, 7) is 6.00. The molecule has 4 heteroatoms. The summed E-state index contributed by atoms with van der Waals surface area (Å²) in [6, 6.07) is 1.80. The molecule has 1 aromatic rings. The van der Waals surface area contributed by atoms with Gasteiger partial charge in [-0.1, -0.05) is 13.8 Å². The Morgan fingerprint density at radius 3 is 2.88 bits per heavy atom. The molecule has 94 valence electrons. The average molecular weight is 235 g/mol. The minimum absolute atomic E-state index is 0.504. The quantitative estimate of drug-likeness (QED) is 0.789. The molecule has 0 unspecified atom stereocenters. The molecule has 1 fully saturated rings. The standard InChI is InChI=1S/C13H21N3O/c1-3-9-17-11-5-8-14-12(16-11)15-10-13(4-2)6-7-13/h5,8H,3-4,6-7,9-10H2,1-2H3,(H,14,15,16). The zero-order valence-corrected chi connectivity index (χ0v) is 10.7. The van der Waals surface area contributed by atoms with Gasteiger partial charge in [0.2, 0.25) is 11.8 Å². The van der Waals surface area contributed by atoms with E-state index in [1.165, 1.54) is 19.3 Å². The zero-order valence-electron chi connectivity index (χ0n) is 10.7. The van der Waals surface area contributed by atoms with E-state index in [1.54, 1.807) is 12.3 Å². The van der Waals surface area contributed by atoms with Crippen molar-refractivity contribution in [2.24, 2.45) is 5.41 Å². The molecule has 1 aromatic heterocycles. The van der Waals surface area contributed by atoms with Crippen molar-refractivity contribution in [1.82, 2.24) is 9.97 Å². The van der Waals surface area contributed by atoms with Crippen LogP contribution in [0, 0.1) is 5.41 Å². The fourth-order valence-corrected chi connectivity index (χ4v) is 1.81. The molecule has 2 rings (SSSR count). The maximum Gasteiger partial charge on any atom is 0.225 e. The molecule has 0 atom stereocenters. The molecule has 0 radical (unpaired) electrons. The van der Waals surface area contributed by atoms with Gasteiger partial charge in [0.15, 0.2) is 0 Å². The Morgan fingerprint density at radius 2 is 2.24 bits per heavy atom. The molecule has 1 heterocycles. The fraction of sp³-hybridized carbons (Fsp3) is 0.692. The van der Waals surface area contributed by atoms with Crippen LogP contribution in [0.25, 0.3) is 0 Å². The van der Waals surface area contributed by atoms with Crippen molar-refractivity contribution in [1.29, 1.82) is 0 Å². The third-order valence-corrected chi connectivity index (χ3v) is 3.41. The summed E-state index contributed by atoms with van der Waals surface area (Å²) < 4.78 is 5.48. The van der Waals surface area contributed by atoms with Crippen LogP contribution >= 0.6 is 0 Å². The highest BCUT2D eigenvalue weighted by Gasteiger charge is 2.40. The van der Waals surface area contributed by atoms with E-state index in [0.717, 1.165) is 13.0 Å². The maximum absolute atomic E-state index is 5.48. The maximum atomic E-state index is 5.48. The molecule has 0 bridgehead atoms. The monoisotopic (exact) mass is 235 g/mol. The summed E-state index contributed by atoms with van der Waals surface area (Å²) in [4.78, 5) is 8.54. The van der Waals surface area contributed by atoms with Crippen LogP contribution in [0.1, 0.15) is 39.5 Å². The third kappa shape index (κ3) is 3.32. The van der Waals surface area contributed by atoms with Crippen LogP contribution in [0.2, 0.25) is 0 Å². The van der Waals surface area contributed by atoms with E-state index in [2.05, 4.69) is 29.1 Å². The van der Waals surface area contributed by atoms with E-state index in [1.807, 2.05) is 0 Å². The Morgan fingerprint density at radius 1 is 1.41 bits per heavy atom. The highest BCUT2D eigenvalue weighted by atomic mass is 16.5. The van der Waals surface area contributed by atoms with Crippen molar-refractivity contribution in [3.8, 4) is 5.88 Å². The molecular weight excluding hydrogens is 214 g/mol. The number of ether oxygens (including phenoxy) is 1. The Balaban J connectivity index is 1.87. The topological polar surface area (TPSA) is 47.0 Å². The number of nitrogens with zero attached hydrogens (tertiary/aromatic N) is 2. The molecule has 4 nitrogen and oxygen atoms in total. The van der Waals surface area contributed by atoms with Crippen LogP contribution in [-0.4, -0.2) is 23.1 Å². The van der Waals surface area contributed by atoms with Crippen molar-refractivity contribution in [2.75, 3.05) is 18.5 Å². The van der Waals surface area contributed by atoms with Crippen LogP contribution in [-0.2, 0) is 0 Å². The van der Waals surface area contributed by atoms with Crippen LogP contribution < -0.4 is 10.1 Å². The summed E-state index contributed by atoms with van der Waals surface area (Å²) in [5, 5.41) is 3.31. The van der Waals surface area contributed by atoms with Gasteiger partial charge in [-0.15, -0.1) is 0 Å². The molecule has 1 aliphatic rings. The van der Waals surface area contributed by atoms with Gasteiger partial charge in [-0.2, -0.15) is 4.98 Å². The minimum Gasteiger partial charge on any atom is -0.478 e. The second-order valence-corrected chi connectivity index (χ2v) is 4.77. The minimum atomic E-state index is 0.504. The third-order valence-electron chi connectivity index (χ3n) is 3.41. The number of anilines is 1. The first-order chi connectivity index (χ1) is 8.28. The molecule has 0 aliphatic heterocycles. The van der Waals surface area contributed by atoms with E-state index in [0.29, 0.717) is 23.9 Å². The molecule has 0 saturated heterocycles. The molecular formula is C13H21N3O. The lowest BCUT2D eigenvalue weighted by Crippen LogP contribution is -2.16. The lowest BCUT2D eigenvalue weighted by molar-refractivity contribution is 0.305. The van der Waals surface area contributed by atoms with Crippen molar-refractivity contribution < 1.29 is 4.74 Å². The SMILES string of the molecule is CCCOc1ccnc(NCC2(CC)CC2)n1. The van der Waals surface area contributed by atoms with E-state index in [-0.39, 0.29) is 0 Å². The normalized spacial score (nSPS) is 16.6. The predicted molar refractivity (Wildman–Crippen MR) is 68.3 cm³/mol. The number of hydrogen-bond acceptors (Lipinski definition) is 4.